The van der Waals surface area contributed by atoms with Crippen molar-refractivity contribution in [3.05, 3.63) is 96.6 Å². The van der Waals surface area contributed by atoms with Crippen LogP contribution < -0.4 is 10.1 Å². The Hall–Kier alpha value is -4.39. The molecule has 0 fully saturated rings. The van der Waals surface area contributed by atoms with Crippen molar-refractivity contribution in [2.75, 3.05) is 7.11 Å². The van der Waals surface area contributed by atoms with E-state index in [0.29, 0.717) is 5.65 Å². The Morgan fingerprint density at radius 1 is 1.06 bits per heavy atom. The van der Waals surface area contributed by atoms with Crippen molar-refractivity contribution in [1.82, 2.24) is 24.6 Å². The number of ether oxygens (including phenoxy) is 1. The number of carbonyl (C=O) groups excluding carboxylic acids is 1. The Morgan fingerprint density at radius 2 is 1.83 bits per heavy atom. The third-order valence-electron chi connectivity index (χ3n) is 6.15. The fourth-order valence-electron chi connectivity index (χ4n) is 4.37. The topological polar surface area (TPSA) is 74.0 Å². The Bertz CT molecular complexity index is 1470. The number of fused-ring (bicyclic) bond motifs is 1. The van der Waals surface area contributed by atoms with Gasteiger partial charge in [0.1, 0.15) is 12.3 Å². The Labute approximate surface area is 204 Å². The number of hydrogen-bond acceptors (Lipinski definition) is 4. The van der Waals surface area contributed by atoms with Crippen molar-refractivity contribution in [2.24, 2.45) is 0 Å². The predicted molar refractivity (Wildman–Crippen MR) is 137 cm³/mol. The number of carbonyl (C=O) groups is 1. The van der Waals surface area contributed by atoms with Crippen LogP contribution in [0.15, 0.2) is 85.3 Å². The van der Waals surface area contributed by atoms with E-state index < -0.39 is 0 Å². The summed E-state index contributed by atoms with van der Waals surface area (Å²) in [7, 11) is 1.65. The highest BCUT2D eigenvalue weighted by Crippen LogP contribution is 2.31. The van der Waals surface area contributed by atoms with Crippen LogP contribution in [0, 0.1) is 6.92 Å². The molecule has 3 heterocycles. The molecule has 0 aliphatic carbocycles. The molecule has 0 aliphatic rings. The zero-order valence-electron chi connectivity index (χ0n) is 20.0. The summed E-state index contributed by atoms with van der Waals surface area (Å²) in [5.41, 5.74) is 5.68. The number of hydrogen-bond donors (Lipinski definition) is 1. The number of rotatable bonds is 7. The first kappa shape index (κ1) is 22.4. The van der Waals surface area contributed by atoms with Crippen LogP contribution in [0.4, 0.5) is 0 Å². The van der Waals surface area contributed by atoms with Gasteiger partial charge in [-0.2, -0.15) is 5.10 Å². The quantitative estimate of drug-likeness (QED) is 0.364. The lowest BCUT2D eigenvalue weighted by atomic mass is 10.0. The number of benzene rings is 2. The molecule has 5 rings (SSSR count). The van der Waals surface area contributed by atoms with Crippen molar-refractivity contribution >= 4 is 16.9 Å². The summed E-state index contributed by atoms with van der Waals surface area (Å²) in [5, 5.41) is 8.68. The van der Waals surface area contributed by atoms with Crippen LogP contribution in [0.25, 0.3) is 27.8 Å². The van der Waals surface area contributed by atoms with Gasteiger partial charge in [0, 0.05) is 29.7 Å². The van der Waals surface area contributed by atoms with Crippen molar-refractivity contribution in [2.45, 2.75) is 26.4 Å². The molecule has 7 nitrogen and oxygen atoms in total. The summed E-state index contributed by atoms with van der Waals surface area (Å²) in [6, 6.07) is 21.8. The van der Waals surface area contributed by atoms with Crippen molar-refractivity contribution in [3.8, 4) is 22.6 Å². The molecule has 176 valence electrons. The average molecular weight is 466 g/mol. The second kappa shape index (κ2) is 9.46. The van der Waals surface area contributed by atoms with E-state index in [4.69, 9.17) is 4.74 Å². The molecule has 0 spiro atoms. The Morgan fingerprint density at radius 3 is 2.57 bits per heavy atom. The molecular formula is C28H27N5O2. The van der Waals surface area contributed by atoms with Gasteiger partial charge in [0.15, 0.2) is 5.65 Å². The lowest BCUT2D eigenvalue weighted by Crippen LogP contribution is -2.30. The van der Waals surface area contributed by atoms with Gasteiger partial charge < -0.3 is 14.6 Å². The maximum Gasteiger partial charge on any atom is 0.242 e. The van der Waals surface area contributed by atoms with Gasteiger partial charge in [-0.05, 0) is 73.0 Å². The van der Waals surface area contributed by atoms with Gasteiger partial charge in [-0.25, -0.2) is 9.67 Å². The van der Waals surface area contributed by atoms with E-state index in [-0.39, 0.29) is 18.5 Å². The molecule has 7 heteroatoms. The number of amides is 1. The molecule has 0 bridgehead atoms. The molecule has 35 heavy (non-hydrogen) atoms. The molecule has 0 radical (unpaired) electrons. The lowest BCUT2D eigenvalue weighted by Gasteiger charge is -2.16. The van der Waals surface area contributed by atoms with Crippen molar-refractivity contribution in [1.29, 1.82) is 0 Å². The highest BCUT2D eigenvalue weighted by atomic mass is 16.5. The molecule has 5 aromatic rings. The number of aryl methyl sites for hydroxylation is 1. The molecule has 1 amide bonds. The van der Waals surface area contributed by atoms with Gasteiger partial charge in [-0.1, -0.05) is 24.3 Å². The van der Waals surface area contributed by atoms with Crippen LogP contribution in [0.5, 0.6) is 5.75 Å². The highest BCUT2D eigenvalue weighted by molar-refractivity contribution is 5.95. The van der Waals surface area contributed by atoms with Crippen LogP contribution in [-0.4, -0.2) is 32.3 Å². The van der Waals surface area contributed by atoms with E-state index >= 15 is 0 Å². The third kappa shape index (κ3) is 4.53. The standard InChI is InChI=1S/C28H27N5O2/c1-19(22-7-6-8-23(17-22)32-15-4-5-16-32)30-26(34)18-33-28-27(20(2)31-33)25(13-14-29-28)21-9-11-24(35-3)12-10-21/h4-17,19H,18H2,1-3H3,(H,30,34). The molecule has 3 aromatic heterocycles. The smallest absolute Gasteiger partial charge is 0.242 e. The van der Waals surface area contributed by atoms with Gasteiger partial charge in [0.25, 0.3) is 0 Å². The fraction of sp³-hybridized carbons (Fsp3) is 0.179. The second-order valence-electron chi connectivity index (χ2n) is 8.50. The third-order valence-corrected chi connectivity index (χ3v) is 6.15. The van der Waals surface area contributed by atoms with Gasteiger partial charge in [0.05, 0.1) is 18.8 Å². The van der Waals surface area contributed by atoms with E-state index in [9.17, 15) is 4.79 Å². The number of nitrogens with zero attached hydrogens (tertiary/aromatic N) is 4. The summed E-state index contributed by atoms with van der Waals surface area (Å²) >= 11 is 0. The monoisotopic (exact) mass is 465 g/mol. The summed E-state index contributed by atoms with van der Waals surface area (Å²) in [4.78, 5) is 17.5. The predicted octanol–water partition coefficient (Wildman–Crippen LogP) is 5.08. The van der Waals surface area contributed by atoms with E-state index in [1.165, 1.54) is 0 Å². The van der Waals surface area contributed by atoms with Gasteiger partial charge in [-0.15, -0.1) is 0 Å². The van der Waals surface area contributed by atoms with Crippen LogP contribution >= 0.6 is 0 Å². The minimum atomic E-state index is -0.149. The normalized spacial score (nSPS) is 12.0. The molecular weight excluding hydrogens is 438 g/mol. The first-order valence-corrected chi connectivity index (χ1v) is 11.5. The zero-order valence-corrected chi connectivity index (χ0v) is 20.0. The number of pyridine rings is 1. The Balaban J connectivity index is 1.36. The Kier molecular flexibility index (Phi) is 6.06. The molecule has 1 atom stereocenters. The second-order valence-corrected chi connectivity index (χ2v) is 8.50. The summed E-state index contributed by atoms with van der Waals surface area (Å²) in [6.07, 6.45) is 5.76. The molecule has 0 saturated carbocycles. The SMILES string of the molecule is COc1ccc(-c2ccnc3c2c(C)nn3CC(=O)NC(C)c2cccc(-n3cccc3)c2)cc1. The summed E-state index contributed by atoms with van der Waals surface area (Å²) in [6.45, 7) is 4.02. The molecule has 0 saturated heterocycles. The van der Waals surface area contributed by atoms with Gasteiger partial charge in [0.2, 0.25) is 5.91 Å². The molecule has 2 aromatic carbocycles. The van der Waals surface area contributed by atoms with Gasteiger partial charge >= 0.3 is 0 Å². The van der Waals surface area contributed by atoms with Crippen molar-refractivity contribution < 1.29 is 9.53 Å². The first-order valence-electron chi connectivity index (χ1n) is 11.5. The average Bonchev–Trinajstić information content (AvgIpc) is 3.53. The number of methoxy groups -OCH3 is 1. The van der Waals surface area contributed by atoms with E-state index in [2.05, 4.69) is 21.5 Å². The minimum Gasteiger partial charge on any atom is -0.497 e. The van der Waals surface area contributed by atoms with E-state index in [1.54, 1.807) is 18.0 Å². The van der Waals surface area contributed by atoms with Crippen LogP contribution in [0.2, 0.25) is 0 Å². The zero-order chi connectivity index (χ0) is 24.4. The van der Waals surface area contributed by atoms with E-state index in [0.717, 1.165) is 39.2 Å². The van der Waals surface area contributed by atoms with E-state index in [1.807, 2.05) is 91.5 Å². The van der Waals surface area contributed by atoms with Crippen LogP contribution in [0.3, 0.4) is 0 Å². The van der Waals surface area contributed by atoms with Gasteiger partial charge in [-0.3, -0.25) is 4.79 Å². The number of aromatic nitrogens is 4. The minimum absolute atomic E-state index is 0.0883. The lowest BCUT2D eigenvalue weighted by molar-refractivity contribution is -0.122. The van der Waals surface area contributed by atoms with Crippen LogP contribution in [0.1, 0.15) is 24.2 Å². The largest absolute Gasteiger partial charge is 0.497 e. The molecule has 1 N–H and O–H groups in total. The fourth-order valence-corrected chi connectivity index (χ4v) is 4.37. The van der Waals surface area contributed by atoms with Crippen molar-refractivity contribution in [3.63, 3.8) is 0 Å². The molecule has 0 aliphatic heterocycles. The number of nitrogens with one attached hydrogen (secondary N) is 1. The summed E-state index contributed by atoms with van der Waals surface area (Å²) < 4.78 is 9.00. The highest BCUT2D eigenvalue weighted by Gasteiger charge is 2.17. The first-order chi connectivity index (χ1) is 17.0. The van der Waals surface area contributed by atoms with Crippen LogP contribution in [-0.2, 0) is 11.3 Å². The summed E-state index contributed by atoms with van der Waals surface area (Å²) in [5.74, 6) is 0.682. The maximum absolute atomic E-state index is 13.0. The molecule has 1 unspecified atom stereocenters. The maximum atomic E-state index is 13.0.